The first kappa shape index (κ1) is 13.6. The Kier molecular flexibility index (Phi) is 3.78. The van der Waals surface area contributed by atoms with E-state index in [9.17, 15) is 0 Å². The highest BCUT2D eigenvalue weighted by Gasteiger charge is 2.24. The predicted molar refractivity (Wildman–Crippen MR) is 82.2 cm³/mol. The highest BCUT2D eigenvalue weighted by atomic mass is 79.9. The fourth-order valence-electron chi connectivity index (χ4n) is 2.74. The van der Waals surface area contributed by atoms with Crippen molar-refractivity contribution in [2.75, 3.05) is 5.73 Å². The summed E-state index contributed by atoms with van der Waals surface area (Å²) in [4.78, 5) is 4.55. The van der Waals surface area contributed by atoms with E-state index in [-0.39, 0.29) is 0 Å². The molecule has 0 spiro atoms. The number of benzene rings is 1. The number of nitrogen functional groups attached to an aromatic ring is 1. The van der Waals surface area contributed by atoms with Crippen LogP contribution in [0.15, 0.2) is 27.2 Å². The lowest BCUT2D eigenvalue weighted by atomic mass is 9.83. The van der Waals surface area contributed by atoms with Crippen molar-refractivity contribution in [3.05, 3.63) is 28.5 Å². The summed E-state index contributed by atoms with van der Waals surface area (Å²) >= 11 is 3.44. The molecule has 0 unspecified atom stereocenters. The monoisotopic (exact) mass is 335 g/mol. The van der Waals surface area contributed by atoms with E-state index >= 15 is 0 Å². The zero-order valence-electron chi connectivity index (χ0n) is 11.5. The molecule has 3 rings (SSSR count). The lowest BCUT2D eigenvalue weighted by Gasteiger charge is -2.23. The van der Waals surface area contributed by atoms with Crippen molar-refractivity contribution in [3.8, 4) is 11.5 Å². The Balaban J connectivity index is 1.85. The first-order valence-electron chi connectivity index (χ1n) is 7.02. The second kappa shape index (κ2) is 5.56. The molecule has 1 fully saturated rings. The Morgan fingerprint density at radius 2 is 2.00 bits per heavy atom. The van der Waals surface area contributed by atoms with Crippen molar-refractivity contribution in [1.82, 2.24) is 10.1 Å². The minimum absolute atomic E-state index is 0.428. The Bertz CT molecular complexity index is 603. The third kappa shape index (κ3) is 2.73. The third-order valence-electron chi connectivity index (χ3n) is 4.07. The van der Waals surface area contributed by atoms with Crippen LogP contribution in [0.5, 0.6) is 0 Å². The molecular weight excluding hydrogens is 318 g/mol. The average Bonchev–Trinajstić information content (AvgIpc) is 2.92. The van der Waals surface area contributed by atoms with Gasteiger partial charge in [0.1, 0.15) is 0 Å². The van der Waals surface area contributed by atoms with Gasteiger partial charge in [0.25, 0.3) is 5.89 Å². The standard InChI is InChI=1S/C15H18BrN3O/c1-9-2-4-10(5-3-9)14-18-15(20-19-14)12-8-11(16)6-7-13(12)17/h6-10H,2-5,17H2,1H3. The normalized spacial score (nSPS) is 22.9. The summed E-state index contributed by atoms with van der Waals surface area (Å²) in [5, 5.41) is 4.16. The van der Waals surface area contributed by atoms with Crippen LogP contribution in [-0.4, -0.2) is 10.1 Å². The molecule has 1 saturated carbocycles. The summed E-state index contributed by atoms with van der Waals surface area (Å²) in [6.45, 7) is 2.31. The molecule has 4 nitrogen and oxygen atoms in total. The van der Waals surface area contributed by atoms with Gasteiger partial charge in [0.15, 0.2) is 5.82 Å². The molecule has 0 amide bonds. The second-order valence-electron chi connectivity index (χ2n) is 5.65. The summed E-state index contributed by atoms with van der Waals surface area (Å²) in [6.07, 6.45) is 4.78. The molecule has 2 N–H and O–H groups in total. The van der Waals surface area contributed by atoms with Gasteiger partial charge in [-0.15, -0.1) is 0 Å². The summed E-state index contributed by atoms with van der Waals surface area (Å²) in [5.74, 6) is 2.58. The molecule has 2 aromatic rings. The van der Waals surface area contributed by atoms with E-state index < -0.39 is 0 Å². The fraction of sp³-hybridized carbons (Fsp3) is 0.467. The molecular formula is C15H18BrN3O. The van der Waals surface area contributed by atoms with Crippen LogP contribution < -0.4 is 5.73 Å². The predicted octanol–water partition coefficient (Wildman–Crippen LogP) is 4.38. The van der Waals surface area contributed by atoms with E-state index in [0.29, 0.717) is 17.5 Å². The fourth-order valence-corrected chi connectivity index (χ4v) is 3.10. The molecule has 1 aliphatic carbocycles. The van der Waals surface area contributed by atoms with E-state index in [1.165, 1.54) is 12.8 Å². The summed E-state index contributed by atoms with van der Waals surface area (Å²) in [7, 11) is 0. The maximum atomic E-state index is 5.98. The van der Waals surface area contributed by atoms with E-state index in [2.05, 4.69) is 33.0 Å². The molecule has 1 heterocycles. The zero-order valence-corrected chi connectivity index (χ0v) is 13.1. The van der Waals surface area contributed by atoms with Gasteiger partial charge in [0, 0.05) is 16.1 Å². The van der Waals surface area contributed by atoms with Crippen molar-refractivity contribution >= 4 is 21.6 Å². The summed E-state index contributed by atoms with van der Waals surface area (Å²) < 4.78 is 6.36. The van der Waals surface area contributed by atoms with Gasteiger partial charge < -0.3 is 10.3 Å². The lowest BCUT2D eigenvalue weighted by Crippen LogP contribution is -2.11. The first-order valence-corrected chi connectivity index (χ1v) is 7.82. The number of nitrogens with zero attached hydrogens (tertiary/aromatic N) is 2. The van der Waals surface area contributed by atoms with Crippen LogP contribution in [0.25, 0.3) is 11.5 Å². The maximum Gasteiger partial charge on any atom is 0.260 e. The summed E-state index contributed by atoms with van der Waals surface area (Å²) in [5.41, 5.74) is 7.43. The van der Waals surface area contributed by atoms with Gasteiger partial charge in [-0.2, -0.15) is 4.98 Å². The molecule has 0 saturated heterocycles. The van der Waals surface area contributed by atoms with Gasteiger partial charge in [0.2, 0.25) is 0 Å². The minimum Gasteiger partial charge on any atom is -0.398 e. The second-order valence-corrected chi connectivity index (χ2v) is 6.56. The topological polar surface area (TPSA) is 64.9 Å². The van der Waals surface area contributed by atoms with Crippen LogP contribution in [0.4, 0.5) is 5.69 Å². The van der Waals surface area contributed by atoms with Gasteiger partial charge in [0.05, 0.1) is 5.56 Å². The number of rotatable bonds is 2. The van der Waals surface area contributed by atoms with Crippen molar-refractivity contribution in [3.63, 3.8) is 0 Å². The number of aromatic nitrogens is 2. The molecule has 0 bridgehead atoms. The Morgan fingerprint density at radius 1 is 1.25 bits per heavy atom. The molecule has 5 heteroatoms. The zero-order chi connectivity index (χ0) is 14.1. The number of halogens is 1. The van der Waals surface area contributed by atoms with Crippen molar-refractivity contribution in [2.45, 2.75) is 38.5 Å². The number of nitrogens with two attached hydrogens (primary N) is 1. The van der Waals surface area contributed by atoms with Gasteiger partial charge >= 0.3 is 0 Å². The lowest BCUT2D eigenvalue weighted by molar-refractivity contribution is 0.329. The SMILES string of the molecule is CC1CCC(c2noc(-c3cc(Br)ccc3N)n2)CC1. The van der Waals surface area contributed by atoms with Crippen molar-refractivity contribution in [2.24, 2.45) is 5.92 Å². The Hall–Kier alpha value is -1.36. The van der Waals surface area contributed by atoms with Crippen LogP contribution in [0.2, 0.25) is 0 Å². The van der Waals surface area contributed by atoms with Gasteiger partial charge in [-0.1, -0.05) is 40.9 Å². The molecule has 1 aromatic heterocycles. The largest absolute Gasteiger partial charge is 0.398 e. The molecule has 1 aromatic carbocycles. The van der Waals surface area contributed by atoms with Crippen LogP contribution in [-0.2, 0) is 0 Å². The summed E-state index contributed by atoms with van der Waals surface area (Å²) in [6, 6.07) is 5.65. The highest BCUT2D eigenvalue weighted by Crippen LogP contribution is 2.35. The average molecular weight is 336 g/mol. The quantitative estimate of drug-likeness (QED) is 0.827. The molecule has 1 aliphatic rings. The first-order chi connectivity index (χ1) is 9.63. The highest BCUT2D eigenvalue weighted by molar-refractivity contribution is 9.10. The number of anilines is 1. The molecule has 0 aliphatic heterocycles. The van der Waals surface area contributed by atoms with Crippen LogP contribution in [0.3, 0.4) is 0 Å². The Morgan fingerprint density at radius 3 is 2.75 bits per heavy atom. The third-order valence-corrected chi connectivity index (χ3v) is 4.56. The van der Waals surface area contributed by atoms with Crippen LogP contribution >= 0.6 is 15.9 Å². The van der Waals surface area contributed by atoms with Gasteiger partial charge in [-0.3, -0.25) is 0 Å². The van der Waals surface area contributed by atoms with E-state index in [4.69, 9.17) is 10.3 Å². The van der Waals surface area contributed by atoms with Crippen molar-refractivity contribution < 1.29 is 4.52 Å². The smallest absolute Gasteiger partial charge is 0.260 e. The van der Waals surface area contributed by atoms with Gasteiger partial charge in [-0.25, -0.2) is 0 Å². The van der Waals surface area contributed by atoms with E-state index in [1.54, 1.807) is 0 Å². The van der Waals surface area contributed by atoms with E-state index in [1.807, 2.05) is 18.2 Å². The Labute approximate surface area is 126 Å². The number of hydrogen-bond acceptors (Lipinski definition) is 4. The molecule has 20 heavy (non-hydrogen) atoms. The molecule has 106 valence electrons. The van der Waals surface area contributed by atoms with Crippen molar-refractivity contribution in [1.29, 1.82) is 0 Å². The number of hydrogen-bond donors (Lipinski definition) is 1. The van der Waals surface area contributed by atoms with E-state index in [0.717, 1.165) is 34.6 Å². The van der Waals surface area contributed by atoms with Crippen LogP contribution in [0.1, 0.15) is 44.3 Å². The molecule has 0 atom stereocenters. The van der Waals surface area contributed by atoms with Gasteiger partial charge in [-0.05, 0) is 37.0 Å². The maximum absolute atomic E-state index is 5.98. The van der Waals surface area contributed by atoms with Crippen LogP contribution in [0, 0.1) is 5.92 Å². The minimum atomic E-state index is 0.428. The molecule has 0 radical (unpaired) electrons.